The van der Waals surface area contributed by atoms with Crippen LogP contribution in [0.5, 0.6) is 0 Å². The molecule has 0 bridgehead atoms. The molecular formula is C14H23N5O2S. The van der Waals surface area contributed by atoms with Crippen LogP contribution < -0.4 is 5.32 Å². The molecular weight excluding hydrogens is 302 g/mol. The van der Waals surface area contributed by atoms with Crippen molar-refractivity contribution in [2.75, 3.05) is 32.0 Å². The summed E-state index contributed by atoms with van der Waals surface area (Å²) in [7, 11) is 1.88. The van der Waals surface area contributed by atoms with Crippen LogP contribution in [0.3, 0.4) is 0 Å². The third kappa shape index (κ3) is 3.38. The molecule has 8 heteroatoms. The molecule has 2 aliphatic rings. The van der Waals surface area contributed by atoms with Crippen LogP contribution in [-0.4, -0.2) is 62.4 Å². The maximum absolute atomic E-state index is 12.4. The Kier molecular flexibility index (Phi) is 4.58. The van der Waals surface area contributed by atoms with Crippen LogP contribution in [0.15, 0.2) is 6.33 Å². The number of aromatic nitrogens is 3. The number of morpholine rings is 1. The molecule has 7 nitrogen and oxygen atoms in total. The van der Waals surface area contributed by atoms with Gasteiger partial charge in [0, 0.05) is 24.9 Å². The zero-order valence-electron chi connectivity index (χ0n) is 13.1. The first-order valence-electron chi connectivity index (χ1n) is 7.70. The Bertz CT molecular complexity index is 529. The fraction of sp³-hybridized carbons (Fsp3) is 0.786. The van der Waals surface area contributed by atoms with Crippen molar-refractivity contribution >= 4 is 17.8 Å². The van der Waals surface area contributed by atoms with Gasteiger partial charge in [0.2, 0.25) is 0 Å². The molecule has 122 valence electrons. The molecule has 22 heavy (non-hydrogen) atoms. The lowest BCUT2D eigenvalue weighted by Gasteiger charge is -2.33. The molecule has 1 aromatic rings. The van der Waals surface area contributed by atoms with Gasteiger partial charge in [-0.15, -0.1) is 10.2 Å². The second-order valence-electron chi connectivity index (χ2n) is 6.17. The lowest BCUT2D eigenvalue weighted by Crippen LogP contribution is -2.49. The van der Waals surface area contributed by atoms with E-state index in [9.17, 15) is 4.79 Å². The molecule has 0 aliphatic carbocycles. The Labute approximate surface area is 134 Å². The molecule has 2 fully saturated rings. The number of carbonyl (C=O) groups is 1. The number of hydrogen-bond donors (Lipinski definition) is 1. The molecule has 0 spiro atoms. The van der Waals surface area contributed by atoms with E-state index in [0.29, 0.717) is 19.7 Å². The number of ether oxygens (including phenoxy) is 1. The van der Waals surface area contributed by atoms with Gasteiger partial charge in [-0.1, -0.05) is 0 Å². The third-order valence-electron chi connectivity index (χ3n) is 4.30. The van der Waals surface area contributed by atoms with E-state index in [2.05, 4.69) is 22.4 Å². The molecule has 2 amide bonds. The van der Waals surface area contributed by atoms with Gasteiger partial charge < -0.3 is 19.5 Å². The molecule has 0 saturated carbocycles. The highest BCUT2D eigenvalue weighted by Crippen LogP contribution is 2.37. The van der Waals surface area contributed by atoms with Crippen LogP contribution >= 0.6 is 11.8 Å². The van der Waals surface area contributed by atoms with Crippen molar-refractivity contribution in [2.24, 2.45) is 7.05 Å². The molecule has 2 aliphatic heterocycles. The number of thioether (sulfide) groups is 1. The second-order valence-corrected chi connectivity index (χ2v) is 7.85. The third-order valence-corrected chi connectivity index (χ3v) is 5.84. The number of aryl methyl sites for hydroxylation is 1. The highest BCUT2D eigenvalue weighted by Gasteiger charge is 2.32. The van der Waals surface area contributed by atoms with E-state index < -0.39 is 0 Å². The molecule has 0 radical (unpaired) electrons. The van der Waals surface area contributed by atoms with Gasteiger partial charge in [0.15, 0.2) is 5.82 Å². The van der Waals surface area contributed by atoms with E-state index in [-0.39, 0.29) is 16.9 Å². The van der Waals surface area contributed by atoms with Gasteiger partial charge >= 0.3 is 6.03 Å². The summed E-state index contributed by atoms with van der Waals surface area (Å²) < 4.78 is 7.75. The first kappa shape index (κ1) is 15.6. The number of urea groups is 1. The van der Waals surface area contributed by atoms with E-state index in [0.717, 1.165) is 12.4 Å². The lowest BCUT2D eigenvalue weighted by atomic mass is 10.1. The van der Waals surface area contributed by atoms with Crippen LogP contribution in [0, 0.1) is 0 Å². The van der Waals surface area contributed by atoms with E-state index in [1.807, 2.05) is 28.3 Å². The summed E-state index contributed by atoms with van der Waals surface area (Å²) in [6.07, 6.45) is 3.85. The van der Waals surface area contributed by atoms with Crippen molar-refractivity contribution in [2.45, 2.75) is 30.6 Å². The van der Waals surface area contributed by atoms with Gasteiger partial charge in [-0.25, -0.2) is 4.79 Å². The number of carbonyl (C=O) groups excluding carboxylic acids is 1. The molecule has 0 aromatic carbocycles. The van der Waals surface area contributed by atoms with Crippen LogP contribution in [0.4, 0.5) is 4.79 Å². The predicted octanol–water partition coefficient (Wildman–Crippen LogP) is 1.18. The minimum absolute atomic E-state index is 0.0100. The first-order valence-corrected chi connectivity index (χ1v) is 8.68. The molecule has 0 unspecified atom stereocenters. The minimum atomic E-state index is -0.205. The van der Waals surface area contributed by atoms with Crippen LogP contribution in [0.25, 0.3) is 0 Å². The fourth-order valence-corrected chi connectivity index (χ4v) is 4.17. The minimum Gasteiger partial charge on any atom is -0.366 e. The Hall–Kier alpha value is -1.28. The predicted molar refractivity (Wildman–Crippen MR) is 84.8 cm³/mol. The fourth-order valence-electron chi connectivity index (χ4n) is 2.92. The van der Waals surface area contributed by atoms with Crippen molar-refractivity contribution in [1.29, 1.82) is 0 Å². The zero-order valence-corrected chi connectivity index (χ0v) is 13.9. The highest BCUT2D eigenvalue weighted by molar-refractivity contribution is 8.00. The molecule has 1 N–H and O–H groups in total. The average molecular weight is 325 g/mol. The van der Waals surface area contributed by atoms with E-state index in [1.165, 1.54) is 18.6 Å². The number of rotatable bonds is 3. The quantitative estimate of drug-likeness (QED) is 0.903. The number of hydrogen-bond acceptors (Lipinski definition) is 5. The van der Waals surface area contributed by atoms with E-state index in [4.69, 9.17) is 4.74 Å². The topological polar surface area (TPSA) is 72.3 Å². The van der Waals surface area contributed by atoms with Crippen molar-refractivity contribution in [3.05, 3.63) is 12.2 Å². The summed E-state index contributed by atoms with van der Waals surface area (Å²) in [5.74, 6) is 1.95. The second kappa shape index (κ2) is 6.45. The largest absolute Gasteiger partial charge is 0.366 e. The summed E-state index contributed by atoms with van der Waals surface area (Å²) in [6, 6.07) is -0.0100. The number of nitrogens with zero attached hydrogens (tertiary/aromatic N) is 4. The van der Waals surface area contributed by atoms with Gasteiger partial charge in [-0.3, -0.25) is 0 Å². The first-order chi connectivity index (χ1) is 10.6. The SMILES string of the molecule is Cn1cnnc1[C@@H]1CN(C(=O)NC[C@]2(C)CCCS2)CCO1. The summed E-state index contributed by atoms with van der Waals surface area (Å²) >= 11 is 1.95. The highest BCUT2D eigenvalue weighted by atomic mass is 32.2. The van der Waals surface area contributed by atoms with Crippen LogP contribution in [0.1, 0.15) is 31.7 Å². The maximum atomic E-state index is 12.4. The Morgan fingerprint density at radius 2 is 2.50 bits per heavy atom. The smallest absolute Gasteiger partial charge is 0.317 e. The van der Waals surface area contributed by atoms with Crippen molar-refractivity contribution in [1.82, 2.24) is 25.0 Å². The van der Waals surface area contributed by atoms with Crippen LogP contribution in [0.2, 0.25) is 0 Å². The van der Waals surface area contributed by atoms with Crippen molar-refractivity contribution < 1.29 is 9.53 Å². The van der Waals surface area contributed by atoms with Gasteiger partial charge in [-0.2, -0.15) is 11.8 Å². The monoisotopic (exact) mass is 325 g/mol. The molecule has 3 heterocycles. The molecule has 2 saturated heterocycles. The molecule has 1 aromatic heterocycles. The number of amides is 2. The summed E-state index contributed by atoms with van der Waals surface area (Å²) in [6.45, 7) is 4.61. The summed E-state index contributed by atoms with van der Waals surface area (Å²) in [5, 5.41) is 11.0. The van der Waals surface area contributed by atoms with Crippen molar-refractivity contribution in [3.8, 4) is 0 Å². The van der Waals surface area contributed by atoms with Crippen LogP contribution in [-0.2, 0) is 11.8 Å². The van der Waals surface area contributed by atoms with Gasteiger partial charge in [0.25, 0.3) is 0 Å². The zero-order chi connectivity index (χ0) is 15.6. The van der Waals surface area contributed by atoms with Crippen molar-refractivity contribution in [3.63, 3.8) is 0 Å². The lowest BCUT2D eigenvalue weighted by molar-refractivity contribution is -0.0214. The Morgan fingerprint density at radius 3 is 3.18 bits per heavy atom. The average Bonchev–Trinajstić information content (AvgIpc) is 3.14. The maximum Gasteiger partial charge on any atom is 0.317 e. The Morgan fingerprint density at radius 1 is 1.64 bits per heavy atom. The van der Waals surface area contributed by atoms with Gasteiger partial charge in [-0.05, 0) is 25.5 Å². The summed E-state index contributed by atoms with van der Waals surface area (Å²) in [5.41, 5.74) is 0. The normalized spacial score (nSPS) is 28.8. The molecule has 3 rings (SSSR count). The Balaban J connectivity index is 1.55. The van der Waals surface area contributed by atoms with Gasteiger partial charge in [0.05, 0.1) is 13.2 Å². The number of nitrogens with one attached hydrogen (secondary N) is 1. The summed E-state index contributed by atoms with van der Waals surface area (Å²) in [4.78, 5) is 14.2. The van der Waals surface area contributed by atoms with E-state index in [1.54, 1.807) is 6.33 Å². The standard InChI is InChI=1S/C14H23N5O2S/c1-14(4-3-7-22-14)9-15-13(20)19-5-6-21-11(8-19)12-17-16-10-18(12)2/h10-11H,3-9H2,1-2H3,(H,15,20)/t11-,14-/m0/s1. The molecule has 2 atom stereocenters. The van der Waals surface area contributed by atoms with Gasteiger partial charge in [0.1, 0.15) is 12.4 Å². The van der Waals surface area contributed by atoms with E-state index >= 15 is 0 Å².